The van der Waals surface area contributed by atoms with E-state index < -0.39 is 10.8 Å². The molecule has 0 aliphatic rings. The van der Waals surface area contributed by atoms with E-state index in [-0.39, 0.29) is 0 Å². The first kappa shape index (κ1) is 13.3. The molecule has 0 aliphatic carbocycles. The topological polar surface area (TPSA) is 34.0 Å². The number of aryl methyl sites for hydroxylation is 1. The highest BCUT2D eigenvalue weighted by Gasteiger charge is 2.05. The molecule has 1 N–H and O–H groups in total. The summed E-state index contributed by atoms with van der Waals surface area (Å²) in [6.45, 7) is 3.60. The van der Waals surface area contributed by atoms with Crippen LogP contribution in [0.2, 0.25) is 0 Å². The van der Waals surface area contributed by atoms with Crippen molar-refractivity contribution in [2.75, 3.05) is 18.1 Å². The van der Waals surface area contributed by atoms with Crippen LogP contribution in [0.1, 0.15) is 12.5 Å². The Kier molecular flexibility index (Phi) is 4.55. The number of hydrogen-bond donors (Lipinski definition) is 1. The fourth-order valence-electron chi connectivity index (χ4n) is 2.12. The number of nitrogens with zero attached hydrogens (tertiary/aromatic N) is 1. The molecule has 1 heterocycles. The molecule has 3 nitrogen and oxygen atoms in total. The summed E-state index contributed by atoms with van der Waals surface area (Å²) < 4.78 is 13.5. The Labute approximate surface area is 111 Å². The van der Waals surface area contributed by atoms with E-state index in [2.05, 4.69) is 47.4 Å². The zero-order chi connectivity index (χ0) is 13.0. The van der Waals surface area contributed by atoms with Crippen molar-refractivity contribution in [1.82, 2.24) is 9.88 Å². The van der Waals surface area contributed by atoms with Crippen LogP contribution in [0.4, 0.5) is 0 Å². The average Bonchev–Trinajstić information content (AvgIpc) is 2.72. The Hall–Kier alpha value is -1.13. The van der Waals surface area contributed by atoms with E-state index >= 15 is 0 Å². The van der Waals surface area contributed by atoms with E-state index in [1.807, 2.05) is 6.92 Å². The van der Waals surface area contributed by atoms with E-state index in [0.29, 0.717) is 0 Å². The van der Waals surface area contributed by atoms with Gasteiger partial charge < -0.3 is 9.88 Å². The second kappa shape index (κ2) is 6.16. The largest absolute Gasteiger partial charge is 0.350 e. The first-order valence-electron chi connectivity index (χ1n) is 6.31. The van der Waals surface area contributed by atoms with Gasteiger partial charge in [0.2, 0.25) is 0 Å². The minimum atomic E-state index is -0.674. The zero-order valence-electron chi connectivity index (χ0n) is 11.0. The van der Waals surface area contributed by atoms with E-state index in [1.165, 1.54) is 16.5 Å². The molecule has 1 atom stereocenters. The van der Waals surface area contributed by atoms with Crippen LogP contribution in [0, 0.1) is 0 Å². The first-order chi connectivity index (χ1) is 8.72. The molecule has 18 heavy (non-hydrogen) atoms. The molecule has 0 fully saturated rings. The Morgan fingerprint density at radius 3 is 2.89 bits per heavy atom. The van der Waals surface area contributed by atoms with Gasteiger partial charge in [-0.1, -0.05) is 25.1 Å². The van der Waals surface area contributed by atoms with Crippen molar-refractivity contribution in [3.05, 3.63) is 36.0 Å². The van der Waals surface area contributed by atoms with Crippen LogP contribution in [0.25, 0.3) is 10.9 Å². The summed E-state index contributed by atoms with van der Waals surface area (Å²) >= 11 is 0. The van der Waals surface area contributed by atoms with E-state index in [0.717, 1.165) is 24.6 Å². The maximum atomic E-state index is 11.3. The first-order valence-corrected chi connectivity index (χ1v) is 7.79. The van der Waals surface area contributed by atoms with Crippen LogP contribution in [0.5, 0.6) is 0 Å². The van der Waals surface area contributed by atoms with Gasteiger partial charge in [-0.3, -0.25) is 4.21 Å². The summed E-state index contributed by atoms with van der Waals surface area (Å²) in [7, 11) is 1.39. The summed E-state index contributed by atoms with van der Waals surface area (Å²) in [4.78, 5) is 0. The maximum absolute atomic E-state index is 11.3. The van der Waals surface area contributed by atoms with Gasteiger partial charge in [0.1, 0.15) is 0 Å². The van der Waals surface area contributed by atoms with Crippen LogP contribution in [-0.4, -0.2) is 26.8 Å². The van der Waals surface area contributed by atoms with Gasteiger partial charge in [0.15, 0.2) is 0 Å². The summed E-state index contributed by atoms with van der Waals surface area (Å²) in [6, 6.07) is 8.41. The van der Waals surface area contributed by atoms with Crippen molar-refractivity contribution in [1.29, 1.82) is 0 Å². The predicted molar refractivity (Wildman–Crippen MR) is 78.2 cm³/mol. The molecule has 2 rings (SSSR count). The molecule has 1 aromatic heterocycles. The molecule has 2 aromatic rings. The number of aromatic nitrogens is 1. The van der Waals surface area contributed by atoms with Crippen LogP contribution in [0.15, 0.2) is 30.5 Å². The molecule has 0 saturated carbocycles. The Morgan fingerprint density at radius 2 is 2.11 bits per heavy atom. The van der Waals surface area contributed by atoms with Crippen LogP contribution >= 0.6 is 0 Å². The average molecular weight is 264 g/mol. The van der Waals surface area contributed by atoms with Gasteiger partial charge >= 0.3 is 0 Å². The number of fused-ring (bicyclic) bond motifs is 1. The van der Waals surface area contributed by atoms with Crippen molar-refractivity contribution in [2.24, 2.45) is 7.05 Å². The highest BCUT2D eigenvalue weighted by Crippen LogP contribution is 2.19. The lowest BCUT2D eigenvalue weighted by Crippen LogP contribution is -2.20. The molecule has 0 aliphatic heterocycles. The van der Waals surface area contributed by atoms with Gasteiger partial charge in [0.05, 0.1) is 0 Å². The molecule has 1 aromatic carbocycles. The molecular weight excluding hydrogens is 244 g/mol. The van der Waals surface area contributed by atoms with Crippen molar-refractivity contribution in [2.45, 2.75) is 13.5 Å². The fraction of sp³-hybridized carbons (Fsp3) is 0.429. The van der Waals surface area contributed by atoms with Crippen LogP contribution < -0.4 is 5.32 Å². The summed E-state index contributed by atoms with van der Waals surface area (Å²) in [5.41, 5.74) is 2.56. The van der Waals surface area contributed by atoms with Crippen molar-refractivity contribution in [3.8, 4) is 0 Å². The maximum Gasteiger partial charge on any atom is 0.0481 e. The quantitative estimate of drug-likeness (QED) is 0.810. The Balaban J connectivity index is 1.98. The van der Waals surface area contributed by atoms with Gasteiger partial charge in [-0.25, -0.2) is 0 Å². The third-order valence-corrected chi connectivity index (χ3v) is 4.43. The molecule has 0 amide bonds. The Bertz CT molecular complexity index is 548. The Morgan fingerprint density at radius 1 is 1.33 bits per heavy atom. The number of para-hydroxylation sites is 1. The lowest BCUT2D eigenvalue weighted by atomic mass is 10.2. The van der Waals surface area contributed by atoms with Crippen LogP contribution in [-0.2, 0) is 24.4 Å². The van der Waals surface area contributed by atoms with Gasteiger partial charge in [0.25, 0.3) is 0 Å². The highest BCUT2D eigenvalue weighted by atomic mass is 32.2. The van der Waals surface area contributed by atoms with Crippen molar-refractivity contribution < 1.29 is 4.21 Å². The minimum Gasteiger partial charge on any atom is -0.350 e. The molecule has 1 unspecified atom stereocenters. The smallest absolute Gasteiger partial charge is 0.0481 e. The summed E-state index contributed by atoms with van der Waals surface area (Å²) in [6.07, 6.45) is 2.16. The lowest BCUT2D eigenvalue weighted by Gasteiger charge is -2.03. The zero-order valence-corrected chi connectivity index (χ0v) is 11.8. The summed E-state index contributed by atoms with van der Waals surface area (Å²) in [5, 5.41) is 4.66. The number of nitrogens with one attached hydrogen (secondary N) is 1. The van der Waals surface area contributed by atoms with Crippen molar-refractivity contribution in [3.63, 3.8) is 0 Å². The number of benzene rings is 1. The molecule has 0 saturated heterocycles. The molecule has 4 heteroatoms. The molecule has 0 spiro atoms. The van der Waals surface area contributed by atoms with E-state index in [1.54, 1.807) is 0 Å². The third kappa shape index (κ3) is 3.00. The number of rotatable bonds is 6. The normalized spacial score (nSPS) is 13.0. The van der Waals surface area contributed by atoms with Crippen molar-refractivity contribution >= 4 is 21.7 Å². The second-order valence-electron chi connectivity index (χ2n) is 4.39. The second-order valence-corrected chi connectivity index (χ2v) is 6.26. The van der Waals surface area contributed by atoms with Gasteiger partial charge in [-0.2, -0.15) is 0 Å². The SMILES string of the molecule is CCS(=O)CCNCc1cn(C)c2ccccc12. The van der Waals surface area contributed by atoms with Crippen LogP contribution in [0.3, 0.4) is 0 Å². The minimum absolute atomic E-state index is 0.674. The van der Waals surface area contributed by atoms with E-state index in [4.69, 9.17) is 0 Å². The van der Waals surface area contributed by atoms with Gasteiger partial charge in [0, 0.05) is 59.5 Å². The van der Waals surface area contributed by atoms with Gasteiger partial charge in [-0.05, 0) is 11.6 Å². The lowest BCUT2D eigenvalue weighted by molar-refractivity contribution is 0.674. The number of hydrogen-bond acceptors (Lipinski definition) is 2. The molecule has 0 radical (unpaired) electrons. The highest BCUT2D eigenvalue weighted by molar-refractivity contribution is 7.84. The molecule has 98 valence electrons. The standard InChI is InChI=1S/C14H20N2OS/c1-3-18(17)9-8-15-10-12-11-16(2)14-7-5-4-6-13(12)14/h4-7,11,15H,3,8-10H2,1-2H3. The summed E-state index contributed by atoms with van der Waals surface area (Å²) in [5.74, 6) is 1.48. The monoisotopic (exact) mass is 264 g/mol. The third-order valence-electron chi connectivity index (χ3n) is 3.12. The van der Waals surface area contributed by atoms with E-state index in [9.17, 15) is 4.21 Å². The molecular formula is C14H20N2OS. The molecule has 0 bridgehead atoms. The van der Waals surface area contributed by atoms with Gasteiger partial charge in [-0.15, -0.1) is 0 Å². The fourth-order valence-corrected chi connectivity index (χ4v) is 2.78. The predicted octanol–water partition coefficient (Wildman–Crippen LogP) is 2.04.